The van der Waals surface area contributed by atoms with Crippen molar-refractivity contribution in [3.05, 3.63) is 95.1 Å². The van der Waals surface area contributed by atoms with Crippen LogP contribution in [0, 0.1) is 0 Å². The van der Waals surface area contributed by atoms with Gasteiger partial charge in [0.1, 0.15) is 30.9 Å². The lowest BCUT2D eigenvalue weighted by atomic mass is 9.88. The van der Waals surface area contributed by atoms with Crippen LogP contribution in [0.4, 0.5) is 8.78 Å². The fourth-order valence-electron chi connectivity index (χ4n) is 5.52. The summed E-state index contributed by atoms with van der Waals surface area (Å²) < 4.78 is 36.8. The van der Waals surface area contributed by atoms with Gasteiger partial charge >= 0.3 is 0 Å². The van der Waals surface area contributed by atoms with E-state index in [1.54, 1.807) is 0 Å². The van der Waals surface area contributed by atoms with Crippen LogP contribution >= 0.6 is 0 Å². The van der Waals surface area contributed by atoms with Crippen molar-refractivity contribution in [3.63, 3.8) is 0 Å². The molecule has 0 saturated carbocycles. The van der Waals surface area contributed by atoms with Crippen LogP contribution in [0.3, 0.4) is 0 Å². The van der Waals surface area contributed by atoms with E-state index >= 15 is 0 Å². The molecule has 0 aromatic heterocycles. The van der Waals surface area contributed by atoms with E-state index in [9.17, 15) is 8.78 Å². The second-order valence-electron chi connectivity index (χ2n) is 9.82. The number of fused-ring (bicyclic) bond motifs is 1. The maximum Gasteiger partial charge on any atom is 0.123 e. The molecule has 2 aliphatic rings. The van der Waals surface area contributed by atoms with Gasteiger partial charge < -0.3 is 9.47 Å². The van der Waals surface area contributed by atoms with Crippen molar-refractivity contribution in [3.8, 4) is 11.5 Å². The average Bonchev–Trinajstić information content (AvgIpc) is 3.29. The standard InChI is InChI=1S/C32H35F2NO2/c33-18-4-20-35-21-17-29(23-35)37-28-15-11-26(12-16-28)32-30-7-2-1-5-24(30)6-3-8-31(32)25-9-13-27(14-10-25)36-22-19-34/h1-2,5,7,9-16,29H,3-4,6,8,17-23H2/t29-/m0/s1. The third-order valence-corrected chi connectivity index (χ3v) is 7.29. The van der Waals surface area contributed by atoms with Crippen LogP contribution in [0.2, 0.25) is 0 Å². The fraction of sp³-hybridized carbons (Fsp3) is 0.375. The molecule has 3 aromatic rings. The van der Waals surface area contributed by atoms with Crippen molar-refractivity contribution >= 4 is 11.1 Å². The Balaban J connectivity index is 1.42. The Kier molecular flexibility index (Phi) is 8.52. The maximum atomic E-state index is 12.5. The molecule has 1 fully saturated rings. The topological polar surface area (TPSA) is 21.7 Å². The Hall–Kier alpha value is -3.18. The number of alkyl halides is 2. The summed E-state index contributed by atoms with van der Waals surface area (Å²) in [5.74, 6) is 1.56. The van der Waals surface area contributed by atoms with Crippen LogP contribution in [0.1, 0.15) is 47.9 Å². The first-order valence-electron chi connectivity index (χ1n) is 13.4. The van der Waals surface area contributed by atoms with Crippen LogP contribution < -0.4 is 9.47 Å². The lowest BCUT2D eigenvalue weighted by Gasteiger charge is -2.18. The van der Waals surface area contributed by atoms with E-state index < -0.39 is 6.67 Å². The molecular weight excluding hydrogens is 468 g/mol. The minimum Gasteiger partial charge on any atom is -0.491 e. The van der Waals surface area contributed by atoms with Crippen molar-refractivity contribution < 1.29 is 18.3 Å². The van der Waals surface area contributed by atoms with Crippen molar-refractivity contribution in [2.45, 2.75) is 38.2 Å². The summed E-state index contributed by atoms with van der Waals surface area (Å²) in [6, 6.07) is 25.2. The quantitative estimate of drug-likeness (QED) is 0.293. The van der Waals surface area contributed by atoms with E-state index in [1.165, 1.54) is 33.4 Å². The minimum absolute atomic E-state index is 0.0750. The molecule has 1 atom stereocenters. The Morgan fingerprint density at radius 1 is 0.811 bits per heavy atom. The van der Waals surface area contributed by atoms with Gasteiger partial charge in [-0.15, -0.1) is 0 Å². The van der Waals surface area contributed by atoms with Gasteiger partial charge in [-0.3, -0.25) is 9.29 Å². The summed E-state index contributed by atoms with van der Waals surface area (Å²) in [4.78, 5) is 2.28. The fourth-order valence-corrected chi connectivity index (χ4v) is 5.52. The summed E-state index contributed by atoms with van der Waals surface area (Å²) in [6.07, 6.45) is 4.82. The van der Waals surface area contributed by atoms with Gasteiger partial charge in [-0.1, -0.05) is 48.5 Å². The van der Waals surface area contributed by atoms with Gasteiger partial charge in [0.2, 0.25) is 0 Å². The van der Waals surface area contributed by atoms with E-state index in [2.05, 4.69) is 65.6 Å². The molecule has 5 heteroatoms. The van der Waals surface area contributed by atoms with Gasteiger partial charge in [-0.2, -0.15) is 0 Å². The Bertz CT molecular complexity index is 1190. The van der Waals surface area contributed by atoms with Gasteiger partial charge in [0, 0.05) is 19.6 Å². The molecule has 1 aliphatic carbocycles. The maximum absolute atomic E-state index is 12.5. The number of hydrogen-bond acceptors (Lipinski definition) is 3. The highest BCUT2D eigenvalue weighted by atomic mass is 19.1. The number of halogens is 2. The highest BCUT2D eigenvalue weighted by Crippen LogP contribution is 2.40. The van der Waals surface area contributed by atoms with E-state index in [0.29, 0.717) is 12.2 Å². The first kappa shape index (κ1) is 25.5. The molecule has 0 radical (unpaired) electrons. The number of benzene rings is 3. The van der Waals surface area contributed by atoms with Crippen molar-refractivity contribution in [1.29, 1.82) is 0 Å². The van der Waals surface area contributed by atoms with Crippen LogP contribution in [0.15, 0.2) is 72.8 Å². The van der Waals surface area contributed by atoms with Gasteiger partial charge in [-0.25, -0.2) is 4.39 Å². The molecule has 1 heterocycles. The smallest absolute Gasteiger partial charge is 0.123 e. The second-order valence-corrected chi connectivity index (χ2v) is 9.82. The summed E-state index contributed by atoms with van der Waals surface area (Å²) in [7, 11) is 0. The van der Waals surface area contributed by atoms with E-state index in [4.69, 9.17) is 9.47 Å². The number of rotatable bonds is 10. The third kappa shape index (κ3) is 6.22. The monoisotopic (exact) mass is 503 g/mol. The molecule has 0 amide bonds. The summed E-state index contributed by atoms with van der Waals surface area (Å²) >= 11 is 0. The van der Waals surface area contributed by atoms with E-state index in [1.807, 2.05) is 12.1 Å². The number of nitrogens with zero attached hydrogens (tertiary/aromatic N) is 1. The summed E-state index contributed by atoms with van der Waals surface area (Å²) in [5.41, 5.74) is 7.56. The molecule has 0 N–H and O–H groups in total. The molecule has 1 saturated heterocycles. The van der Waals surface area contributed by atoms with Gasteiger partial charge in [0.25, 0.3) is 0 Å². The molecule has 5 rings (SSSR count). The van der Waals surface area contributed by atoms with Crippen LogP contribution in [-0.2, 0) is 6.42 Å². The normalized spacial score (nSPS) is 17.9. The second kappa shape index (κ2) is 12.4. The highest BCUT2D eigenvalue weighted by Gasteiger charge is 2.24. The number of aryl methyl sites for hydroxylation is 1. The van der Waals surface area contributed by atoms with Crippen molar-refractivity contribution in [2.75, 3.05) is 39.6 Å². The lowest BCUT2D eigenvalue weighted by Crippen LogP contribution is -2.26. The van der Waals surface area contributed by atoms with Crippen LogP contribution in [-0.4, -0.2) is 50.6 Å². The van der Waals surface area contributed by atoms with Gasteiger partial charge in [0.15, 0.2) is 0 Å². The molecule has 0 spiro atoms. The average molecular weight is 504 g/mol. The number of allylic oxidation sites excluding steroid dienone is 1. The zero-order chi connectivity index (χ0) is 25.5. The third-order valence-electron chi connectivity index (χ3n) is 7.29. The van der Waals surface area contributed by atoms with Crippen molar-refractivity contribution in [2.24, 2.45) is 0 Å². The van der Waals surface area contributed by atoms with Gasteiger partial charge in [-0.05, 0) is 89.8 Å². The highest BCUT2D eigenvalue weighted by molar-refractivity contribution is 5.99. The SMILES string of the molecule is FCCCN1CC[C@H](Oc2ccc(C3=C(c4ccc(OCCF)cc4)CCCc4ccccc43)cc2)C1. The van der Waals surface area contributed by atoms with E-state index in [0.717, 1.165) is 51.1 Å². The zero-order valence-corrected chi connectivity index (χ0v) is 21.3. The van der Waals surface area contributed by atoms with Crippen LogP contribution in [0.5, 0.6) is 11.5 Å². The Morgan fingerprint density at radius 2 is 1.57 bits per heavy atom. The first-order valence-corrected chi connectivity index (χ1v) is 13.4. The van der Waals surface area contributed by atoms with Crippen LogP contribution in [0.25, 0.3) is 11.1 Å². The minimum atomic E-state index is -0.494. The molecule has 0 unspecified atom stereocenters. The van der Waals surface area contributed by atoms with Crippen molar-refractivity contribution in [1.82, 2.24) is 4.90 Å². The largest absolute Gasteiger partial charge is 0.491 e. The lowest BCUT2D eigenvalue weighted by molar-refractivity contribution is 0.198. The Labute approximate surface area is 218 Å². The molecular formula is C32H35F2NO2. The molecule has 3 aromatic carbocycles. The molecule has 37 heavy (non-hydrogen) atoms. The summed E-state index contributed by atoms with van der Waals surface area (Å²) in [6.45, 7) is 1.94. The number of likely N-dealkylation sites (tertiary alicyclic amines) is 1. The van der Waals surface area contributed by atoms with E-state index in [-0.39, 0.29) is 19.4 Å². The summed E-state index contributed by atoms with van der Waals surface area (Å²) in [5, 5.41) is 0. The molecule has 194 valence electrons. The number of hydrogen-bond donors (Lipinski definition) is 0. The molecule has 1 aliphatic heterocycles. The van der Waals surface area contributed by atoms with Gasteiger partial charge in [0.05, 0.1) is 6.67 Å². The predicted octanol–water partition coefficient (Wildman–Crippen LogP) is 7.14. The molecule has 0 bridgehead atoms. The number of ether oxygens (including phenoxy) is 2. The molecule has 3 nitrogen and oxygen atoms in total. The Morgan fingerprint density at radius 3 is 2.35 bits per heavy atom. The zero-order valence-electron chi connectivity index (χ0n) is 21.3. The predicted molar refractivity (Wildman–Crippen MR) is 146 cm³/mol. The first-order chi connectivity index (χ1) is 18.2.